The Morgan fingerprint density at radius 2 is 2.00 bits per heavy atom. The highest BCUT2D eigenvalue weighted by Gasteiger charge is 2.16. The molecule has 0 aliphatic carbocycles. The van der Waals surface area contributed by atoms with E-state index in [-0.39, 0.29) is 11.9 Å². The molecule has 6 nitrogen and oxygen atoms in total. The van der Waals surface area contributed by atoms with Gasteiger partial charge in [0, 0.05) is 24.7 Å². The van der Waals surface area contributed by atoms with Crippen LogP contribution in [0.15, 0.2) is 43.0 Å². The van der Waals surface area contributed by atoms with Crippen molar-refractivity contribution < 1.29 is 14.3 Å². The van der Waals surface area contributed by atoms with E-state index in [2.05, 4.69) is 10.3 Å². The zero-order chi connectivity index (χ0) is 17.4. The monoisotopic (exact) mass is 331 g/mol. The van der Waals surface area contributed by atoms with Crippen LogP contribution in [0.5, 0.6) is 0 Å². The summed E-state index contributed by atoms with van der Waals surface area (Å²) < 4.78 is 12.6. The smallest absolute Gasteiger partial charge is 0.249 e. The van der Waals surface area contributed by atoms with Gasteiger partial charge in [0.15, 0.2) is 0 Å². The SMILES string of the molecule is CCOCCO[C@@H](C)C(=O)N[C@@H](C)c1ccc(-n2ccnc2)cc1. The summed E-state index contributed by atoms with van der Waals surface area (Å²) in [6, 6.07) is 7.91. The zero-order valence-corrected chi connectivity index (χ0v) is 14.4. The number of nitrogens with one attached hydrogen (secondary N) is 1. The molecule has 1 N–H and O–H groups in total. The molecule has 0 saturated carbocycles. The molecule has 0 radical (unpaired) electrons. The first-order valence-corrected chi connectivity index (χ1v) is 8.19. The highest BCUT2D eigenvalue weighted by molar-refractivity contribution is 5.80. The van der Waals surface area contributed by atoms with Gasteiger partial charge in [-0.1, -0.05) is 12.1 Å². The predicted molar refractivity (Wildman–Crippen MR) is 92.0 cm³/mol. The van der Waals surface area contributed by atoms with E-state index >= 15 is 0 Å². The van der Waals surface area contributed by atoms with Gasteiger partial charge in [-0.3, -0.25) is 4.79 Å². The van der Waals surface area contributed by atoms with Crippen LogP contribution in [0.3, 0.4) is 0 Å². The molecule has 0 unspecified atom stereocenters. The highest BCUT2D eigenvalue weighted by Crippen LogP contribution is 2.16. The maximum absolute atomic E-state index is 12.2. The van der Waals surface area contributed by atoms with Gasteiger partial charge in [0.25, 0.3) is 0 Å². The summed E-state index contributed by atoms with van der Waals surface area (Å²) in [5.74, 6) is -0.127. The number of hydrogen-bond acceptors (Lipinski definition) is 4. The molecule has 24 heavy (non-hydrogen) atoms. The maximum Gasteiger partial charge on any atom is 0.249 e. The number of rotatable bonds is 9. The quantitative estimate of drug-likeness (QED) is 0.717. The topological polar surface area (TPSA) is 65.4 Å². The van der Waals surface area contributed by atoms with E-state index in [4.69, 9.17) is 9.47 Å². The van der Waals surface area contributed by atoms with Crippen LogP contribution in [0, 0.1) is 0 Å². The van der Waals surface area contributed by atoms with Crippen LogP contribution < -0.4 is 5.32 Å². The fourth-order valence-corrected chi connectivity index (χ4v) is 2.26. The van der Waals surface area contributed by atoms with Crippen molar-refractivity contribution in [2.75, 3.05) is 19.8 Å². The molecule has 2 rings (SSSR count). The number of nitrogens with zero attached hydrogens (tertiary/aromatic N) is 2. The fraction of sp³-hybridized carbons (Fsp3) is 0.444. The zero-order valence-electron chi connectivity index (χ0n) is 14.4. The molecule has 1 heterocycles. The summed E-state index contributed by atoms with van der Waals surface area (Å²) in [6.45, 7) is 7.19. The molecule has 0 aliphatic heterocycles. The lowest BCUT2D eigenvalue weighted by molar-refractivity contribution is -0.133. The van der Waals surface area contributed by atoms with Gasteiger partial charge in [-0.25, -0.2) is 4.98 Å². The Labute approximate surface area is 142 Å². The Balaban J connectivity index is 1.85. The van der Waals surface area contributed by atoms with Gasteiger partial charge >= 0.3 is 0 Å². The minimum absolute atomic E-state index is 0.0905. The van der Waals surface area contributed by atoms with Crippen LogP contribution in [0.2, 0.25) is 0 Å². The lowest BCUT2D eigenvalue weighted by Crippen LogP contribution is -2.36. The Morgan fingerprint density at radius 1 is 1.25 bits per heavy atom. The molecule has 1 aromatic heterocycles. The molecule has 0 aliphatic rings. The van der Waals surface area contributed by atoms with E-state index in [1.54, 1.807) is 19.4 Å². The van der Waals surface area contributed by atoms with Crippen molar-refractivity contribution in [3.63, 3.8) is 0 Å². The van der Waals surface area contributed by atoms with Crippen molar-refractivity contribution in [2.24, 2.45) is 0 Å². The number of hydrogen-bond donors (Lipinski definition) is 1. The first-order valence-electron chi connectivity index (χ1n) is 8.19. The molecule has 0 fully saturated rings. The van der Waals surface area contributed by atoms with Crippen LogP contribution >= 0.6 is 0 Å². The van der Waals surface area contributed by atoms with Crippen LogP contribution in [-0.2, 0) is 14.3 Å². The minimum Gasteiger partial charge on any atom is -0.379 e. The molecule has 1 amide bonds. The number of carbonyl (C=O) groups excluding carboxylic acids is 1. The number of imidazole rings is 1. The maximum atomic E-state index is 12.2. The van der Waals surface area contributed by atoms with E-state index in [0.717, 1.165) is 11.3 Å². The molecule has 0 spiro atoms. The number of aromatic nitrogens is 2. The number of amides is 1. The predicted octanol–water partition coefficient (Wildman–Crippen LogP) is 2.49. The summed E-state index contributed by atoms with van der Waals surface area (Å²) in [5.41, 5.74) is 2.07. The first kappa shape index (κ1) is 18.2. The average Bonchev–Trinajstić information content (AvgIpc) is 3.13. The van der Waals surface area contributed by atoms with E-state index in [1.807, 2.05) is 48.9 Å². The van der Waals surface area contributed by atoms with Gasteiger partial charge in [-0.05, 0) is 38.5 Å². The van der Waals surface area contributed by atoms with Crippen molar-refractivity contribution in [1.82, 2.24) is 14.9 Å². The van der Waals surface area contributed by atoms with E-state index in [9.17, 15) is 4.79 Å². The molecule has 0 bridgehead atoms. The molecule has 2 aromatic rings. The third kappa shape index (κ3) is 5.18. The molecular formula is C18H25N3O3. The van der Waals surface area contributed by atoms with Crippen LogP contribution in [0.1, 0.15) is 32.4 Å². The van der Waals surface area contributed by atoms with Gasteiger partial charge < -0.3 is 19.4 Å². The van der Waals surface area contributed by atoms with Gasteiger partial charge in [-0.2, -0.15) is 0 Å². The summed E-state index contributed by atoms with van der Waals surface area (Å²) in [6.07, 6.45) is 4.88. The van der Waals surface area contributed by atoms with Crippen molar-refractivity contribution in [3.05, 3.63) is 48.5 Å². The second kappa shape index (κ2) is 9.20. The standard InChI is InChI=1S/C18H25N3O3/c1-4-23-11-12-24-15(3)18(22)20-14(2)16-5-7-17(8-6-16)21-10-9-19-13-21/h5-10,13-15H,4,11-12H2,1-3H3,(H,20,22)/t14-,15-/m0/s1. The molecular weight excluding hydrogens is 306 g/mol. The molecule has 0 saturated heterocycles. The van der Waals surface area contributed by atoms with Crippen molar-refractivity contribution >= 4 is 5.91 Å². The molecule has 1 aromatic carbocycles. The third-order valence-corrected chi connectivity index (χ3v) is 3.72. The highest BCUT2D eigenvalue weighted by atomic mass is 16.5. The van der Waals surface area contributed by atoms with Gasteiger partial charge in [0.05, 0.1) is 25.6 Å². The van der Waals surface area contributed by atoms with Crippen LogP contribution in [0.4, 0.5) is 0 Å². The van der Waals surface area contributed by atoms with Crippen LogP contribution in [-0.4, -0.2) is 41.4 Å². The Morgan fingerprint density at radius 3 is 2.62 bits per heavy atom. The Kier molecular flexibility index (Phi) is 6.96. The van der Waals surface area contributed by atoms with Crippen LogP contribution in [0.25, 0.3) is 5.69 Å². The second-order valence-electron chi connectivity index (χ2n) is 5.50. The van der Waals surface area contributed by atoms with E-state index in [1.165, 1.54) is 0 Å². The molecule has 6 heteroatoms. The molecule has 2 atom stereocenters. The third-order valence-electron chi connectivity index (χ3n) is 3.72. The largest absolute Gasteiger partial charge is 0.379 e. The average molecular weight is 331 g/mol. The second-order valence-corrected chi connectivity index (χ2v) is 5.50. The molecule has 130 valence electrons. The Hall–Kier alpha value is -2.18. The van der Waals surface area contributed by atoms with Gasteiger partial charge in [0.1, 0.15) is 6.10 Å². The fourth-order valence-electron chi connectivity index (χ4n) is 2.26. The van der Waals surface area contributed by atoms with E-state index in [0.29, 0.717) is 19.8 Å². The number of carbonyl (C=O) groups is 1. The lowest BCUT2D eigenvalue weighted by Gasteiger charge is -2.18. The number of ether oxygens (including phenoxy) is 2. The van der Waals surface area contributed by atoms with Crippen molar-refractivity contribution in [3.8, 4) is 5.69 Å². The minimum atomic E-state index is -0.502. The first-order chi connectivity index (χ1) is 11.6. The Bertz CT molecular complexity index is 611. The summed E-state index contributed by atoms with van der Waals surface area (Å²) >= 11 is 0. The van der Waals surface area contributed by atoms with Crippen molar-refractivity contribution in [1.29, 1.82) is 0 Å². The van der Waals surface area contributed by atoms with E-state index < -0.39 is 6.10 Å². The lowest BCUT2D eigenvalue weighted by atomic mass is 10.1. The van der Waals surface area contributed by atoms with Crippen molar-refractivity contribution in [2.45, 2.75) is 32.9 Å². The summed E-state index contributed by atoms with van der Waals surface area (Å²) in [4.78, 5) is 16.2. The van der Waals surface area contributed by atoms with Gasteiger partial charge in [-0.15, -0.1) is 0 Å². The van der Waals surface area contributed by atoms with Gasteiger partial charge in [0.2, 0.25) is 5.91 Å². The summed E-state index contributed by atoms with van der Waals surface area (Å²) in [5, 5.41) is 2.97. The number of benzene rings is 1. The normalized spacial score (nSPS) is 13.5. The summed E-state index contributed by atoms with van der Waals surface area (Å²) in [7, 11) is 0.